The van der Waals surface area contributed by atoms with Crippen molar-refractivity contribution in [2.45, 2.75) is 97.6 Å². The topological polar surface area (TPSA) is 114 Å². The van der Waals surface area contributed by atoms with Gasteiger partial charge in [-0.25, -0.2) is 0 Å². The molecule has 0 aromatic rings. The summed E-state index contributed by atoms with van der Waals surface area (Å²) >= 11 is 0. The lowest BCUT2D eigenvalue weighted by molar-refractivity contribution is -0.223. The maximum atomic E-state index is 12.4. The van der Waals surface area contributed by atoms with Gasteiger partial charge in [0.2, 0.25) is 0 Å². The van der Waals surface area contributed by atoms with Crippen LogP contribution in [0.25, 0.3) is 0 Å². The van der Waals surface area contributed by atoms with E-state index < -0.39 is 24.1 Å². The zero-order chi connectivity index (χ0) is 28.7. The number of esters is 2. The Bertz CT molecular complexity index is 744. The number of ketones is 2. The first kappa shape index (κ1) is 34.5. The van der Waals surface area contributed by atoms with Gasteiger partial charge in [0.1, 0.15) is 29.2 Å². The predicted octanol–water partition coefficient (Wildman–Crippen LogP) is 3.30. The second-order valence-electron chi connectivity index (χ2n) is 10.2. The molecule has 0 radical (unpaired) electrons. The Hall–Kier alpha value is -1.49. The van der Waals surface area contributed by atoms with Crippen molar-refractivity contribution in [1.29, 1.82) is 0 Å². The van der Waals surface area contributed by atoms with Crippen LogP contribution in [0.3, 0.4) is 0 Å². The van der Waals surface area contributed by atoms with Crippen molar-refractivity contribution in [3.63, 3.8) is 0 Å². The highest BCUT2D eigenvalue weighted by molar-refractivity contribution is 7.96. The number of methoxy groups -OCH3 is 1. The van der Waals surface area contributed by atoms with Gasteiger partial charge in [-0.05, 0) is 30.7 Å². The van der Waals surface area contributed by atoms with Gasteiger partial charge in [0.15, 0.2) is 6.10 Å². The summed E-state index contributed by atoms with van der Waals surface area (Å²) in [5, 5.41) is 0. The molecule has 1 heterocycles. The van der Waals surface area contributed by atoms with Crippen molar-refractivity contribution < 1.29 is 42.9 Å². The molecular formula is C28H49O9S+. The van der Waals surface area contributed by atoms with Gasteiger partial charge in [0.05, 0.1) is 31.7 Å². The quantitative estimate of drug-likeness (QED) is 0.133. The summed E-state index contributed by atoms with van der Waals surface area (Å²) in [7, 11) is 1.65. The van der Waals surface area contributed by atoms with Crippen molar-refractivity contribution in [2.24, 2.45) is 11.8 Å². The van der Waals surface area contributed by atoms with Gasteiger partial charge < -0.3 is 23.7 Å². The fraction of sp³-hybridized carbons (Fsp3) is 0.857. The van der Waals surface area contributed by atoms with Crippen molar-refractivity contribution >= 4 is 34.4 Å². The van der Waals surface area contributed by atoms with E-state index in [4.69, 9.17) is 23.7 Å². The van der Waals surface area contributed by atoms with Gasteiger partial charge >= 0.3 is 11.9 Å². The molecule has 1 rings (SSSR count). The van der Waals surface area contributed by atoms with Crippen molar-refractivity contribution in [3.05, 3.63) is 0 Å². The summed E-state index contributed by atoms with van der Waals surface area (Å²) in [6.45, 7) is 9.76. The van der Waals surface area contributed by atoms with Gasteiger partial charge in [-0.15, -0.1) is 0 Å². The summed E-state index contributed by atoms with van der Waals surface area (Å²) in [4.78, 5) is 48.1. The Morgan fingerprint density at radius 1 is 0.921 bits per heavy atom. The van der Waals surface area contributed by atoms with Crippen LogP contribution in [0.4, 0.5) is 0 Å². The third-order valence-corrected chi connectivity index (χ3v) is 8.81. The fourth-order valence-electron chi connectivity index (χ4n) is 4.71. The molecule has 0 N–H and O–H groups in total. The minimum absolute atomic E-state index is 0.0297. The lowest BCUT2D eigenvalue weighted by atomic mass is 9.85. The number of hydrogen-bond acceptors (Lipinski definition) is 9. The zero-order valence-electron chi connectivity index (χ0n) is 24.3. The summed E-state index contributed by atoms with van der Waals surface area (Å²) < 4.78 is 27.8. The monoisotopic (exact) mass is 561 g/mol. The Labute approximate surface area is 231 Å². The number of ether oxygens (including phenoxy) is 5. The third kappa shape index (κ3) is 13.0. The van der Waals surface area contributed by atoms with Crippen LogP contribution in [0.1, 0.15) is 73.1 Å². The number of hydrogen-bond donors (Lipinski definition) is 0. The number of carbonyl (C=O) groups excluding carboxylic acids is 4. The summed E-state index contributed by atoms with van der Waals surface area (Å²) in [5.41, 5.74) is 0. The van der Waals surface area contributed by atoms with Gasteiger partial charge in [0, 0.05) is 65.1 Å². The Morgan fingerprint density at radius 2 is 1.58 bits per heavy atom. The van der Waals surface area contributed by atoms with Crippen LogP contribution in [0, 0.1) is 11.8 Å². The fourth-order valence-corrected chi connectivity index (χ4v) is 6.24. The zero-order valence-corrected chi connectivity index (χ0v) is 25.1. The summed E-state index contributed by atoms with van der Waals surface area (Å²) in [6.07, 6.45) is 3.95. The second kappa shape index (κ2) is 18.7. The van der Waals surface area contributed by atoms with E-state index in [0.29, 0.717) is 45.5 Å². The molecule has 0 bridgehead atoms. The van der Waals surface area contributed by atoms with E-state index in [0.717, 1.165) is 17.9 Å². The highest BCUT2D eigenvalue weighted by atomic mass is 32.2. The molecule has 1 unspecified atom stereocenters. The molecule has 0 saturated carbocycles. The average Bonchev–Trinajstić information content (AvgIpc) is 2.84. The first-order valence-corrected chi connectivity index (χ1v) is 15.6. The van der Waals surface area contributed by atoms with E-state index >= 15 is 0 Å². The first-order valence-electron chi connectivity index (χ1n) is 13.7. The van der Waals surface area contributed by atoms with Crippen LogP contribution in [0.5, 0.6) is 0 Å². The molecule has 1 saturated heterocycles. The van der Waals surface area contributed by atoms with E-state index in [-0.39, 0.29) is 52.9 Å². The van der Waals surface area contributed by atoms with Gasteiger partial charge in [-0.2, -0.15) is 0 Å². The van der Waals surface area contributed by atoms with E-state index in [1.165, 1.54) is 13.8 Å². The molecule has 0 spiro atoms. The van der Waals surface area contributed by atoms with Gasteiger partial charge in [0.25, 0.3) is 0 Å². The average molecular weight is 562 g/mol. The standard InChI is InChI=1S/C28H49O9S/c1-8-25-28(36-22(5)31)27(35-21(4)30)19(2)26(37-25)12-17-38(7)16-11-23(20(3)29)18-24(32)10-9-13-34-15-14-33-6/h19,23,25-28H,8-18H2,1-7H3/q+1/t19-,23+,25+,26+,27+,28-,38?/m0/s1. The molecule has 9 nitrogen and oxygen atoms in total. The minimum atomic E-state index is -0.627. The first-order chi connectivity index (χ1) is 18.0. The highest BCUT2D eigenvalue weighted by Crippen LogP contribution is 2.33. The maximum absolute atomic E-state index is 12.4. The molecule has 38 heavy (non-hydrogen) atoms. The van der Waals surface area contributed by atoms with Crippen molar-refractivity contribution in [2.75, 3.05) is 44.7 Å². The Balaban J connectivity index is 2.58. The second-order valence-corrected chi connectivity index (χ2v) is 12.5. The number of Topliss-reactive ketones (excluding diaryl/α,β-unsaturated/α-hetero) is 2. The van der Waals surface area contributed by atoms with E-state index in [9.17, 15) is 19.2 Å². The smallest absolute Gasteiger partial charge is 0.303 e. The molecule has 0 aromatic carbocycles. The molecule has 10 heteroatoms. The Kier molecular flexibility index (Phi) is 17.0. The lowest BCUT2D eigenvalue weighted by Gasteiger charge is -2.44. The van der Waals surface area contributed by atoms with E-state index in [1.807, 2.05) is 13.8 Å². The SMILES string of the molecule is CC[C@H]1O[C@H](CC[S+](C)CC[C@H](CC(=O)CCCOCCOC)C(C)=O)[C@H](C)[C@@H](OC(C)=O)[C@H]1OC(C)=O. The number of carbonyl (C=O) groups is 4. The van der Waals surface area contributed by atoms with Crippen LogP contribution in [-0.4, -0.2) is 92.6 Å². The maximum Gasteiger partial charge on any atom is 0.303 e. The van der Waals surface area contributed by atoms with Crippen LogP contribution in [0.2, 0.25) is 0 Å². The highest BCUT2D eigenvalue weighted by Gasteiger charge is 2.47. The molecule has 7 atom stereocenters. The summed E-state index contributed by atoms with van der Waals surface area (Å²) in [6, 6.07) is 0. The van der Waals surface area contributed by atoms with Crippen LogP contribution in [-0.2, 0) is 53.8 Å². The predicted molar refractivity (Wildman–Crippen MR) is 147 cm³/mol. The number of rotatable bonds is 19. The van der Waals surface area contributed by atoms with Gasteiger partial charge in [-0.3, -0.25) is 19.2 Å². The molecule has 0 aliphatic carbocycles. The van der Waals surface area contributed by atoms with Crippen LogP contribution in [0.15, 0.2) is 0 Å². The van der Waals surface area contributed by atoms with Gasteiger partial charge in [-0.1, -0.05) is 13.8 Å². The molecular weight excluding hydrogens is 512 g/mol. The third-order valence-electron chi connectivity index (χ3n) is 6.94. The normalized spacial score (nSPS) is 24.9. The summed E-state index contributed by atoms with van der Waals surface area (Å²) in [5.74, 6) is 0.695. The van der Waals surface area contributed by atoms with Crippen molar-refractivity contribution in [1.82, 2.24) is 0 Å². The molecule has 0 aromatic heterocycles. The molecule has 220 valence electrons. The van der Waals surface area contributed by atoms with E-state index in [2.05, 4.69) is 6.26 Å². The Morgan fingerprint density at radius 3 is 2.16 bits per heavy atom. The van der Waals surface area contributed by atoms with E-state index in [1.54, 1.807) is 14.0 Å². The minimum Gasteiger partial charge on any atom is -0.458 e. The lowest BCUT2D eigenvalue weighted by Crippen LogP contribution is -2.56. The van der Waals surface area contributed by atoms with Crippen molar-refractivity contribution in [3.8, 4) is 0 Å². The molecule has 0 amide bonds. The van der Waals surface area contributed by atoms with Crippen LogP contribution >= 0.6 is 0 Å². The molecule has 1 aliphatic rings. The molecule has 1 fully saturated rings. The molecule has 1 aliphatic heterocycles. The van der Waals surface area contributed by atoms with Crippen LogP contribution < -0.4 is 0 Å². The largest absolute Gasteiger partial charge is 0.458 e.